The molecule has 0 heterocycles. The van der Waals surface area contributed by atoms with Crippen molar-refractivity contribution in [3.05, 3.63) is 53.6 Å². The average molecular weight is 887 g/mol. The molecule has 1 aromatic rings. The van der Waals surface area contributed by atoms with Crippen molar-refractivity contribution in [2.75, 3.05) is 13.2 Å². The van der Waals surface area contributed by atoms with Gasteiger partial charge in [-0.25, -0.2) is 9.59 Å². The first-order chi connectivity index (χ1) is 30.3. The fourth-order valence-electron chi connectivity index (χ4n) is 7.98. The maximum Gasteiger partial charge on any atom is 0.339 e. The Bertz CT molecular complexity index is 1370. The van der Waals surface area contributed by atoms with E-state index in [1.165, 1.54) is 205 Å². The van der Waals surface area contributed by atoms with Crippen molar-refractivity contribution in [3.8, 4) is 0 Å². The first-order valence-corrected chi connectivity index (χ1v) is 27.5. The molecule has 0 unspecified atom stereocenters. The van der Waals surface area contributed by atoms with Crippen LogP contribution in [0.4, 0.5) is 0 Å². The van der Waals surface area contributed by atoms with Gasteiger partial charge >= 0.3 is 11.9 Å². The van der Waals surface area contributed by atoms with Crippen LogP contribution in [0.2, 0.25) is 0 Å². The lowest BCUT2D eigenvalue weighted by molar-refractivity contribution is 0.0450. The van der Waals surface area contributed by atoms with Crippen LogP contribution in [-0.2, 0) is 19.6 Å². The van der Waals surface area contributed by atoms with Gasteiger partial charge in [-0.05, 0) is 82.4 Å². The summed E-state index contributed by atoms with van der Waals surface area (Å²) in [5.74, 6) is -1.49. The van der Waals surface area contributed by atoms with Crippen molar-refractivity contribution in [2.24, 2.45) is 0 Å². The third-order valence-corrected chi connectivity index (χ3v) is 12.9. The molecule has 0 aliphatic carbocycles. The van der Waals surface area contributed by atoms with Crippen molar-refractivity contribution >= 4 is 22.1 Å². The predicted octanol–water partition coefficient (Wildman–Crippen LogP) is 17.2. The lowest BCUT2D eigenvalue weighted by Crippen LogP contribution is -2.16. The smallest absolute Gasteiger partial charge is 0.339 e. The van der Waals surface area contributed by atoms with Gasteiger partial charge in [0.2, 0.25) is 0 Å². The fourth-order valence-corrected chi connectivity index (χ4v) is 8.49. The molecule has 1 aromatic carbocycles. The summed E-state index contributed by atoms with van der Waals surface area (Å²) < 4.78 is 44.1. The normalized spacial score (nSPS) is 11.9. The van der Waals surface area contributed by atoms with Crippen LogP contribution in [-0.4, -0.2) is 38.1 Å². The van der Waals surface area contributed by atoms with E-state index in [1.807, 2.05) is 0 Å². The van der Waals surface area contributed by atoms with Crippen molar-refractivity contribution in [1.82, 2.24) is 0 Å². The summed E-state index contributed by atoms with van der Waals surface area (Å²) in [5, 5.41) is 0. The molecule has 8 heteroatoms. The van der Waals surface area contributed by atoms with E-state index in [2.05, 4.69) is 38.2 Å². The molecule has 62 heavy (non-hydrogen) atoms. The number of benzene rings is 1. The van der Waals surface area contributed by atoms with E-state index in [0.29, 0.717) is 6.42 Å². The van der Waals surface area contributed by atoms with Gasteiger partial charge in [0, 0.05) is 0 Å². The topological polar surface area (TPSA) is 107 Å². The maximum atomic E-state index is 13.0. The van der Waals surface area contributed by atoms with Gasteiger partial charge in [-0.2, -0.15) is 8.42 Å². The molecule has 358 valence electrons. The number of hydrogen-bond acceptors (Lipinski definition) is 6. The molecule has 1 rings (SSSR count). The van der Waals surface area contributed by atoms with E-state index >= 15 is 0 Å². The van der Waals surface area contributed by atoms with Gasteiger partial charge in [-0.3, -0.25) is 4.55 Å². The Kier molecular flexibility index (Phi) is 39.5. The summed E-state index contributed by atoms with van der Waals surface area (Å²) in [7, 11) is -4.57. The number of allylic oxidation sites excluding steroid dienone is 4. The van der Waals surface area contributed by atoms with Crippen molar-refractivity contribution < 1.29 is 32.0 Å². The van der Waals surface area contributed by atoms with Gasteiger partial charge in [0.05, 0.1) is 29.2 Å². The Hall–Kier alpha value is -2.45. The molecule has 1 N–H and O–H groups in total. The van der Waals surface area contributed by atoms with Crippen LogP contribution in [0.25, 0.3) is 0 Å². The van der Waals surface area contributed by atoms with Gasteiger partial charge in [0.1, 0.15) is 0 Å². The zero-order valence-electron chi connectivity index (χ0n) is 40.1. The number of ether oxygens (including phenoxy) is 2. The molecule has 0 atom stereocenters. The third kappa shape index (κ3) is 35.0. The quantitative estimate of drug-likeness (QED) is 0.0301. The Morgan fingerprint density at radius 3 is 1.00 bits per heavy atom. The molecule has 0 aliphatic heterocycles. The number of unbranched alkanes of at least 4 members (excludes halogenated alkanes) is 34. The largest absolute Gasteiger partial charge is 0.462 e. The number of carbonyl (C=O) groups is 2. The minimum absolute atomic E-state index is 0.0558. The molecular weight excluding hydrogens is 793 g/mol. The van der Waals surface area contributed by atoms with Gasteiger partial charge in [-0.1, -0.05) is 218 Å². The predicted molar refractivity (Wildman–Crippen MR) is 262 cm³/mol. The second-order valence-electron chi connectivity index (χ2n) is 17.9. The first-order valence-electron chi connectivity index (χ1n) is 26.1. The van der Waals surface area contributed by atoms with Crippen LogP contribution in [0.1, 0.15) is 279 Å². The lowest BCUT2D eigenvalue weighted by atomic mass is 10.0. The van der Waals surface area contributed by atoms with Gasteiger partial charge in [-0.15, -0.1) is 0 Å². The summed E-state index contributed by atoms with van der Waals surface area (Å²) in [5.41, 5.74) is -0.262. The van der Waals surface area contributed by atoms with Crippen molar-refractivity contribution in [3.63, 3.8) is 0 Å². The zero-order valence-corrected chi connectivity index (χ0v) is 40.9. The van der Waals surface area contributed by atoms with Crippen LogP contribution >= 0.6 is 0 Å². The molecule has 0 saturated carbocycles. The number of carbonyl (C=O) groups excluding carboxylic acids is 2. The van der Waals surface area contributed by atoms with Crippen LogP contribution in [0.3, 0.4) is 0 Å². The first kappa shape index (κ1) is 57.6. The van der Waals surface area contributed by atoms with E-state index in [1.54, 1.807) is 0 Å². The lowest BCUT2D eigenvalue weighted by Gasteiger charge is -2.11. The van der Waals surface area contributed by atoms with E-state index in [-0.39, 0.29) is 24.3 Å². The van der Waals surface area contributed by atoms with Crippen LogP contribution < -0.4 is 0 Å². The summed E-state index contributed by atoms with van der Waals surface area (Å²) in [6.07, 6.45) is 56.7. The highest BCUT2D eigenvalue weighted by molar-refractivity contribution is 7.85. The monoisotopic (exact) mass is 887 g/mol. The Balaban J connectivity index is 2.11. The molecule has 0 saturated heterocycles. The SMILES string of the molecule is CCCCC/C=C/CCCCCCCCCCCCCCCCOC(=O)c1ccc(S(=O)(=O)O)cc1C(=O)OCCCCCCCCCCCCCCCC/C=C/CCCCC. The fraction of sp³-hybridized carbons (Fsp3) is 0.778. The number of hydrogen-bond donors (Lipinski definition) is 1. The van der Waals surface area contributed by atoms with E-state index < -0.39 is 27.0 Å². The van der Waals surface area contributed by atoms with Crippen LogP contribution in [0.15, 0.2) is 47.4 Å². The van der Waals surface area contributed by atoms with E-state index in [4.69, 9.17) is 9.47 Å². The van der Waals surface area contributed by atoms with Gasteiger partial charge in [0.15, 0.2) is 0 Å². The van der Waals surface area contributed by atoms with E-state index in [0.717, 1.165) is 50.7 Å². The van der Waals surface area contributed by atoms with Crippen LogP contribution in [0, 0.1) is 0 Å². The molecule has 0 aromatic heterocycles. The molecule has 0 fully saturated rings. The molecule has 0 radical (unpaired) electrons. The summed E-state index contributed by atoms with van der Waals surface area (Å²) in [6.45, 7) is 4.91. The maximum absolute atomic E-state index is 13.0. The van der Waals surface area contributed by atoms with E-state index in [9.17, 15) is 22.6 Å². The van der Waals surface area contributed by atoms with Crippen LogP contribution in [0.5, 0.6) is 0 Å². The standard InChI is InChI=1S/C54H94O7S/c1-3-5-7-9-11-13-15-17-19-21-23-25-27-29-31-33-35-37-39-41-43-47-60-53(55)51-46-45-50(62(57,58)59)49-52(51)54(56)61-48-44-42-40-38-36-34-32-30-28-26-24-22-20-18-16-14-12-10-8-6-4-2/h11-14,45-46,49H,3-10,15-44,47-48H2,1-2H3,(H,57,58,59)/b13-11+,14-12+. The second kappa shape index (κ2) is 42.5. The Morgan fingerprint density at radius 1 is 0.419 bits per heavy atom. The second-order valence-corrected chi connectivity index (χ2v) is 19.3. The summed E-state index contributed by atoms with van der Waals surface area (Å²) in [4.78, 5) is 25.5. The molecular formula is C54H94O7S. The molecule has 0 amide bonds. The minimum atomic E-state index is -4.57. The highest BCUT2D eigenvalue weighted by atomic mass is 32.2. The number of esters is 2. The highest BCUT2D eigenvalue weighted by Gasteiger charge is 2.23. The molecule has 0 spiro atoms. The number of rotatable bonds is 45. The highest BCUT2D eigenvalue weighted by Crippen LogP contribution is 2.20. The Morgan fingerprint density at radius 2 is 0.694 bits per heavy atom. The molecule has 7 nitrogen and oxygen atoms in total. The summed E-state index contributed by atoms with van der Waals surface area (Å²) >= 11 is 0. The van der Waals surface area contributed by atoms with Crippen molar-refractivity contribution in [2.45, 2.75) is 263 Å². The third-order valence-electron chi connectivity index (χ3n) is 12.0. The zero-order chi connectivity index (χ0) is 45.0. The van der Waals surface area contributed by atoms with Gasteiger partial charge < -0.3 is 9.47 Å². The minimum Gasteiger partial charge on any atom is -0.462 e. The summed E-state index contributed by atoms with van der Waals surface area (Å²) in [6, 6.07) is 3.33. The molecule has 0 bridgehead atoms. The van der Waals surface area contributed by atoms with Crippen molar-refractivity contribution in [1.29, 1.82) is 0 Å². The molecule has 0 aliphatic rings. The Labute approximate surface area is 382 Å². The van der Waals surface area contributed by atoms with Gasteiger partial charge in [0.25, 0.3) is 10.1 Å². The average Bonchev–Trinajstić information content (AvgIpc) is 3.26.